The summed E-state index contributed by atoms with van der Waals surface area (Å²) in [5, 5.41) is 5.29. The molecule has 1 aliphatic heterocycles. The summed E-state index contributed by atoms with van der Waals surface area (Å²) in [6, 6.07) is 0. The zero-order chi connectivity index (χ0) is 16.4. The quantitative estimate of drug-likeness (QED) is 0.718. The lowest BCUT2D eigenvalue weighted by molar-refractivity contribution is 0.215. The average Bonchev–Trinajstić information content (AvgIpc) is 3.03. The molecule has 0 atom stereocenters. The number of piperidine rings is 1. The van der Waals surface area contributed by atoms with E-state index in [0.29, 0.717) is 18.4 Å². The van der Waals surface area contributed by atoms with Crippen LogP contribution in [0.1, 0.15) is 12.8 Å². The molecule has 0 N–H and O–H groups in total. The van der Waals surface area contributed by atoms with E-state index < -0.39 is 0 Å². The number of nitrogens with zero attached hydrogens (tertiary/aromatic N) is 7. The Morgan fingerprint density at radius 1 is 1.12 bits per heavy atom. The van der Waals surface area contributed by atoms with Gasteiger partial charge in [0.05, 0.1) is 24.4 Å². The van der Waals surface area contributed by atoms with E-state index in [9.17, 15) is 0 Å². The third-order valence-corrected chi connectivity index (χ3v) is 4.43. The van der Waals surface area contributed by atoms with E-state index in [0.717, 1.165) is 42.8 Å². The first-order valence-electron chi connectivity index (χ1n) is 8.08. The summed E-state index contributed by atoms with van der Waals surface area (Å²) < 4.78 is 7.51. The van der Waals surface area contributed by atoms with Gasteiger partial charge < -0.3 is 9.64 Å². The standard InChI is InChI=1S/C16H19N7O/c1-22-15-13(8-21-22)16(20-11-19-15)23-6-2-12(3-7-23)10-24-14-9-17-4-5-18-14/h4-5,8-9,11-12H,2-3,6-7,10H2,1H3. The van der Waals surface area contributed by atoms with Crippen molar-refractivity contribution in [3.63, 3.8) is 0 Å². The predicted molar refractivity (Wildman–Crippen MR) is 88.8 cm³/mol. The summed E-state index contributed by atoms with van der Waals surface area (Å²) in [6.07, 6.45) is 10.5. The largest absolute Gasteiger partial charge is 0.476 e. The average molecular weight is 325 g/mol. The van der Waals surface area contributed by atoms with Crippen LogP contribution in [0.2, 0.25) is 0 Å². The van der Waals surface area contributed by atoms with Crippen LogP contribution in [0.4, 0.5) is 5.82 Å². The van der Waals surface area contributed by atoms with Crippen LogP contribution in [0, 0.1) is 5.92 Å². The number of hydrogen-bond donors (Lipinski definition) is 0. The van der Waals surface area contributed by atoms with E-state index >= 15 is 0 Å². The monoisotopic (exact) mass is 325 g/mol. The second-order valence-corrected chi connectivity index (χ2v) is 5.99. The van der Waals surface area contributed by atoms with Gasteiger partial charge in [-0.15, -0.1) is 0 Å². The molecular formula is C16H19N7O. The molecule has 8 heteroatoms. The Kier molecular flexibility index (Phi) is 3.94. The topological polar surface area (TPSA) is 81.9 Å². The zero-order valence-electron chi connectivity index (χ0n) is 13.5. The summed E-state index contributed by atoms with van der Waals surface area (Å²) in [5.41, 5.74) is 0.869. The van der Waals surface area contributed by atoms with Gasteiger partial charge in [-0.05, 0) is 18.8 Å². The molecule has 0 aromatic carbocycles. The Hall–Kier alpha value is -2.77. The molecule has 0 amide bonds. The van der Waals surface area contributed by atoms with E-state index in [4.69, 9.17) is 4.74 Å². The highest BCUT2D eigenvalue weighted by molar-refractivity contribution is 5.86. The van der Waals surface area contributed by atoms with Crippen LogP contribution in [-0.4, -0.2) is 49.4 Å². The minimum absolute atomic E-state index is 0.523. The SMILES string of the molecule is Cn1ncc2c(N3CCC(COc4cnccn4)CC3)ncnc21. The molecule has 24 heavy (non-hydrogen) atoms. The molecule has 1 aliphatic rings. The van der Waals surface area contributed by atoms with Gasteiger partial charge in [0.2, 0.25) is 5.88 Å². The summed E-state index contributed by atoms with van der Waals surface area (Å²) in [4.78, 5) is 19.2. The van der Waals surface area contributed by atoms with E-state index in [2.05, 4.69) is 29.9 Å². The maximum atomic E-state index is 5.73. The molecule has 0 aliphatic carbocycles. The number of rotatable bonds is 4. The molecule has 3 aromatic rings. The summed E-state index contributed by atoms with van der Waals surface area (Å²) >= 11 is 0. The number of hydrogen-bond acceptors (Lipinski definition) is 7. The van der Waals surface area contributed by atoms with Crippen molar-refractivity contribution in [1.29, 1.82) is 0 Å². The van der Waals surface area contributed by atoms with Crippen molar-refractivity contribution in [2.75, 3.05) is 24.6 Å². The normalized spacial score (nSPS) is 15.8. The first-order chi connectivity index (χ1) is 11.8. The number of anilines is 1. The maximum absolute atomic E-state index is 5.73. The lowest BCUT2D eigenvalue weighted by Crippen LogP contribution is -2.36. The molecular weight excluding hydrogens is 306 g/mol. The fourth-order valence-corrected chi connectivity index (χ4v) is 3.08. The molecule has 4 heterocycles. The first kappa shape index (κ1) is 14.8. The Morgan fingerprint density at radius 3 is 2.79 bits per heavy atom. The molecule has 0 radical (unpaired) electrons. The van der Waals surface area contributed by atoms with Gasteiger partial charge >= 0.3 is 0 Å². The van der Waals surface area contributed by atoms with Gasteiger partial charge in [0.25, 0.3) is 0 Å². The van der Waals surface area contributed by atoms with Crippen LogP contribution < -0.4 is 9.64 Å². The smallest absolute Gasteiger partial charge is 0.232 e. The molecule has 0 spiro atoms. The van der Waals surface area contributed by atoms with Crippen LogP contribution >= 0.6 is 0 Å². The Bertz CT molecular complexity index is 812. The molecule has 8 nitrogen and oxygen atoms in total. The van der Waals surface area contributed by atoms with Crippen molar-refractivity contribution in [1.82, 2.24) is 29.7 Å². The van der Waals surface area contributed by atoms with E-state index in [1.165, 1.54) is 0 Å². The molecule has 0 saturated carbocycles. The van der Waals surface area contributed by atoms with Gasteiger partial charge in [-0.3, -0.25) is 9.67 Å². The third kappa shape index (κ3) is 2.86. The first-order valence-corrected chi connectivity index (χ1v) is 8.08. The summed E-state index contributed by atoms with van der Waals surface area (Å²) in [5.74, 6) is 2.09. The lowest BCUT2D eigenvalue weighted by atomic mass is 9.98. The summed E-state index contributed by atoms with van der Waals surface area (Å²) in [7, 11) is 1.90. The van der Waals surface area contributed by atoms with Gasteiger partial charge in [-0.1, -0.05) is 0 Å². The van der Waals surface area contributed by atoms with E-state index in [1.54, 1.807) is 29.6 Å². The van der Waals surface area contributed by atoms with Crippen molar-refractivity contribution < 1.29 is 4.74 Å². The van der Waals surface area contributed by atoms with Crippen LogP contribution in [0.5, 0.6) is 5.88 Å². The van der Waals surface area contributed by atoms with Crippen LogP contribution in [0.3, 0.4) is 0 Å². The fourth-order valence-electron chi connectivity index (χ4n) is 3.08. The van der Waals surface area contributed by atoms with Gasteiger partial charge in [-0.2, -0.15) is 5.10 Å². The number of fused-ring (bicyclic) bond motifs is 1. The van der Waals surface area contributed by atoms with Gasteiger partial charge in [0.15, 0.2) is 5.65 Å². The highest BCUT2D eigenvalue weighted by atomic mass is 16.5. The minimum atomic E-state index is 0.523. The Labute approximate surface area is 139 Å². The molecule has 3 aromatic heterocycles. The van der Waals surface area contributed by atoms with Crippen LogP contribution in [0.25, 0.3) is 11.0 Å². The van der Waals surface area contributed by atoms with Crippen molar-refractivity contribution >= 4 is 16.9 Å². The summed E-state index contributed by atoms with van der Waals surface area (Å²) in [6.45, 7) is 2.59. The molecule has 1 saturated heterocycles. The number of aryl methyl sites for hydroxylation is 1. The number of ether oxygens (including phenoxy) is 1. The van der Waals surface area contributed by atoms with E-state index in [1.807, 2.05) is 13.2 Å². The molecule has 0 unspecified atom stereocenters. The highest BCUT2D eigenvalue weighted by Crippen LogP contribution is 2.27. The predicted octanol–water partition coefficient (Wildman–Crippen LogP) is 1.45. The van der Waals surface area contributed by atoms with Gasteiger partial charge in [-0.25, -0.2) is 15.0 Å². The van der Waals surface area contributed by atoms with Crippen molar-refractivity contribution in [3.05, 3.63) is 31.1 Å². The maximum Gasteiger partial charge on any atom is 0.232 e. The molecule has 1 fully saturated rings. The molecule has 0 bridgehead atoms. The highest BCUT2D eigenvalue weighted by Gasteiger charge is 2.23. The Balaban J connectivity index is 1.39. The van der Waals surface area contributed by atoms with Gasteiger partial charge in [0, 0.05) is 32.5 Å². The van der Waals surface area contributed by atoms with Crippen molar-refractivity contribution in [2.45, 2.75) is 12.8 Å². The minimum Gasteiger partial charge on any atom is -0.476 e. The lowest BCUT2D eigenvalue weighted by Gasteiger charge is -2.32. The molecule has 124 valence electrons. The fraction of sp³-hybridized carbons (Fsp3) is 0.438. The second-order valence-electron chi connectivity index (χ2n) is 5.99. The van der Waals surface area contributed by atoms with Crippen LogP contribution in [-0.2, 0) is 7.05 Å². The third-order valence-electron chi connectivity index (χ3n) is 4.43. The van der Waals surface area contributed by atoms with Gasteiger partial charge in [0.1, 0.15) is 12.1 Å². The zero-order valence-corrected chi connectivity index (χ0v) is 13.5. The van der Waals surface area contributed by atoms with Crippen LogP contribution in [0.15, 0.2) is 31.1 Å². The van der Waals surface area contributed by atoms with E-state index in [-0.39, 0.29) is 0 Å². The second kappa shape index (κ2) is 6.38. The van der Waals surface area contributed by atoms with Crippen molar-refractivity contribution in [2.24, 2.45) is 13.0 Å². The van der Waals surface area contributed by atoms with Crippen molar-refractivity contribution in [3.8, 4) is 5.88 Å². The molecule has 4 rings (SSSR count). The Morgan fingerprint density at radius 2 is 2.00 bits per heavy atom. The number of aromatic nitrogens is 6.